The molecule has 1 aliphatic rings. The topological polar surface area (TPSA) is 24.5 Å². The zero-order chi connectivity index (χ0) is 11.5. The molecule has 1 saturated heterocycles. The van der Waals surface area contributed by atoms with Crippen LogP contribution in [0.1, 0.15) is 6.92 Å². The van der Waals surface area contributed by atoms with E-state index in [4.69, 9.17) is 16.3 Å². The molecule has 0 radical (unpaired) electrons. The van der Waals surface area contributed by atoms with E-state index < -0.39 is 0 Å². The fourth-order valence-corrected chi connectivity index (χ4v) is 2.21. The number of methoxy groups -OCH3 is 1. The molecule has 0 saturated carbocycles. The number of piperazine rings is 1. The van der Waals surface area contributed by atoms with Crippen LogP contribution in [0.3, 0.4) is 0 Å². The molecule has 0 amide bonds. The van der Waals surface area contributed by atoms with Gasteiger partial charge in [-0.05, 0) is 19.1 Å². The average molecular weight is 241 g/mol. The van der Waals surface area contributed by atoms with Gasteiger partial charge in [0.15, 0.2) is 0 Å². The fourth-order valence-electron chi connectivity index (χ4n) is 2.01. The Morgan fingerprint density at radius 2 is 2.31 bits per heavy atom. The maximum Gasteiger partial charge on any atom is 0.139 e. The molecule has 1 atom stereocenters. The van der Waals surface area contributed by atoms with Gasteiger partial charge in [0.2, 0.25) is 0 Å². The lowest BCUT2D eigenvalue weighted by atomic mass is 10.2. The zero-order valence-corrected chi connectivity index (χ0v) is 10.4. The highest BCUT2D eigenvalue weighted by atomic mass is 35.5. The quantitative estimate of drug-likeness (QED) is 0.857. The molecule has 1 fully saturated rings. The highest BCUT2D eigenvalue weighted by Gasteiger charge is 2.16. The summed E-state index contributed by atoms with van der Waals surface area (Å²) in [6, 6.07) is 6.46. The van der Waals surface area contributed by atoms with E-state index in [1.807, 2.05) is 18.2 Å². The Morgan fingerprint density at radius 3 is 3.00 bits per heavy atom. The summed E-state index contributed by atoms with van der Waals surface area (Å²) in [6.45, 7) is 5.26. The maximum atomic E-state index is 6.01. The number of anilines is 1. The fraction of sp³-hybridized carbons (Fsp3) is 0.500. The van der Waals surface area contributed by atoms with E-state index in [-0.39, 0.29) is 0 Å². The highest BCUT2D eigenvalue weighted by molar-refractivity contribution is 6.32. The minimum absolute atomic E-state index is 0.524. The number of halogens is 1. The van der Waals surface area contributed by atoms with Crippen molar-refractivity contribution in [3.05, 3.63) is 23.2 Å². The first-order valence-electron chi connectivity index (χ1n) is 5.52. The lowest BCUT2D eigenvalue weighted by Crippen LogP contribution is -2.49. The van der Waals surface area contributed by atoms with E-state index in [1.54, 1.807) is 7.11 Å². The Morgan fingerprint density at radius 1 is 1.50 bits per heavy atom. The number of hydrogen-bond acceptors (Lipinski definition) is 3. The molecule has 2 rings (SSSR count). The van der Waals surface area contributed by atoms with Crippen molar-refractivity contribution in [2.75, 3.05) is 31.6 Å². The summed E-state index contributed by atoms with van der Waals surface area (Å²) in [5, 5.41) is 4.08. The standard InChI is InChI=1S/C12H17ClN2O/c1-9-8-15(6-5-14-9)10-3-4-11(13)12(7-10)16-2/h3-4,7,9,14H,5-6,8H2,1-2H3/t9-/m0/s1. The lowest BCUT2D eigenvalue weighted by Gasteiger charge is -2.33. The second-order valence-electron chi connectivity index (χ2n) is 4.12. The van der Waals surface area contributed by atoms with Crippen molar-refractivity contribution in [2.45, 2.75) is 13.0 Å². The van der Waals surface area contributed by atoms with E-state index >= 15 is 0 Å². The molecule has 0 aliphatic carbocycles. The zero-order valence-electron chi connectivity index (χ0n) is 9.66. The molecule has 1 N–H and O–H groups in total. The van der Waals surface area contributed by atoms with Crippen LogP contribution in [0.2, 0.25) is 5.02 Å². The van der Waals surface area contributed by atoms with Crippen LogP contribution >= 0.6 is 11.6 Å². The van der Waals surface area contributed by atoms with E-state index in [0.717, 1.165) is 25.4 Å². The molecule has 1 aromatic carbocycles. The summed E-state index contributed by atoms with van der Waals surface area (Å²) in [7, 11) is 1.64. The van der Waals surface area contributed by atoms with Gasteiger partial charge in [-0.2, -0.15) is 0 Å². The van der Waals surface area contributed by atoms with Gasteiger partial charge in [0.25, 0.3) is 0 Å². The smallest absolute Gasteiger partial charge is 0.139 e. The third-order valence-electron chi connectivity index (χ3n) is 2.87. The third kappa shape index (κ3) is 2.42. The summed E-state index contributed by atoms with van der Waals surface area (Å²) in [5.74, 6) is 0.741. The Kier molecular flexibility index (Phi) is 3.56. The van der Waals surface area contributed by atoms with E-state index in [0.29, 0.717) is 11.1 Å². The van der Waals surface area contributed by atoms with Crippen LogP contribution in [0.15, 0.2) is 18.2 Å². The van der Waals surface area contributed by atoms with Crippen molar-refractivity contribution >= 4 is 17.3 Å². The molecule has 1 aromatic rings. The third-order valence-corrected chi connectivity index (χ3v) is 3.18. The number of ether oxygens (including phenoxy) is 1. The largest absolute Gasteiger partial charge is 0.495 e. The lowest BCUT2D eigenvalue weighted by molar-refractivity contribution is 0.414. The van der Waals surface area contributed by atoms with Gasteiger partial charge < -0.3 is 15.0 Å². The second kappa shape index (κ2) is 4.93. The average Bonchev–Trinajstić information content (AvgIpc) is 2.29. The summed E-state index contributed by atoms with van der Waals surface area (Å²) in [5.41, 5.74) is 1.18. The molecule has 3 nitrogen and oxygen atoms in total. The monoisotopic (exact) mass is 240 g/mol. The van der Waals surface area contributed by atoms with Crippen molar-refractivity contribution in [3.8, 4) is 5.75 Å². The second-order valence-corrected chi connectivity index (χ2v) is 4.53. The van der Waals surface area contributed by atoms with E-state index in [2.05, 4.69) is 17.1 Å². The maximum absolute atomic E-state index is 6.01. The molecular formula is C12H17ClN2O. The van der Waals surface area contributed by atoms with Crippen molar-refractivity contribution in [1.29, 1.82) is 0 Å². The molecule has 0 spiro atoms. The van der Waals surface area contributed by atoms with Gasteiger partial charge in [-0.25, -0.2) is 0 Å². The predicted molar refractivity (Wildman–Crippen MR) is 67.7 cm³/mol. The first-order chi connectivity index (χ1) is 7.70. The van der Waals surface area contributed by atoms with Crippen molar-refractivity contribution in [2.24, 2.45) is 0 Å². The van der Waals surface area contributed by atoms with Crippen LogP contribution < -0.4 is 15.0 Å². The normalized spacial score (nSPS) is 20.9. The van der Waals surface area contributed by atoms with Crippen LogP contribution in [-0.4, -0.2) is 32.8 Å². The minimum Gasteiger partial charge on any atom is -0.495 e. The molecule has 88 valence electrons. The van der Waals surface area contributed by atoms with Gasteiger partial charge in [0.1, 0.15) is 5.75 Å². The Balaban J connectivity index is 2.19. The van der Waals surface area contributed by atoms with Gasteiger partial charge in [-0.15, -0.1) is 0 Å². The van der Waals surface area contributed by atoms with Crippen LogP contribution in [0.5, 0.6) is 5.75 Å². The number of rotatable bonds is 2. The van der Waals surface area contributed by atoms with Crippen LogP contribution in [-0.2, 0) is 0 Å². The molecule has 16 heavy (non-hydrogen) atoms. The van der Waals surface area contributed by atoms with Crippen molar-refractivity contribution in [1.82, 2.24) is 5.32 Å². The van der Waals surface area contributed by atoms with Crippen LogP contribution in [0, 0.1) is 0 Å². The van der Waals surface area contributed by atoms with Crippen LogP contribution in [0.25, 0.3) is 0 Å². The summed E-state index contributed by atoms with van der Waals surface area (Å²) in [4.78, 5) is 2.35. The Bertz CT molecular complexity index is 370. The molecular weight excluding hydrogens is 224 g/mol. The first kappa shape index (κ1) is 11.6. The molecule has 1 heterocycles. The Hall–Kier alpha value is -0.930. The predicted octanol–water partition coefficient (Wildman–Crippen LogP) is 2.15. The Labute approximate surface area is 101 Å². The molecule has 0 unspecified atom stereocenters. The number of nitrogens with one attached hydrogen (secondary N) is 1. The first-order valence-corrected chi connectivity index (χ1v) is 5.90. The van der Waals surface area contributed by atoms with Crippen LogP contribution in [0.4, 0.5) is 5.69 Å². The summed E-state index contributed by atoms with van der Waals surface area (Å²) >= 11 is 6.01. The van der Waals surface area contributed by atoms with Gasteiger partial charge >= 0.3 is 0 Å². The van der Waals surface area contributed by atoms with Gasteiger partial charge in [0.05, 0.1) is 12.1 Å². The summed E-state index contributed by atoms with van der Waals surface area (Å²) < 4.78 is 5.23. The van der Waals surface area contributed by atoms with Gasteiger partial charge in [-0.3, -0.25) is 0 Å². The number of nitrogens with zero attached hydrogens (tertiary/aromatic N) is 1. The number of benzene rings is 1. The van der Waals surface area contributed by atoms with E-state index in [9.17, 15) is 0 Å². The molecule has 4 heteroatoms. The highest BCUT2D eigenvalue weighted by Crippen LogP contribution is 2.29. The molecule has 0 aromatic heterocycles. The number of hydrogen-bond donors (Lipinski definition) is 1. The van der Waals surface area contributed by atoms with Crippen molar-refractivity contribution in [3.63, 3.8) is 0 Å². The van der Waals surface area contributed by atoms with E-state index in [1.165, 1.54) is 5.69 Å². The molecule has 1 aliphatic heterocycles. The SMILES string of the molecule is COc1cc(N2CCN[C@@H](C)C2)ccc1Cl. The molecule has 0 bridgehead atoms. The summed E-state index contributed by atoms with van der Waals surface area (Å²) in [6.07, 6.45) is 0. The minimum atomic E-state index is 0.524. The van der Waals surface area contributed by atoms with Crippen molar-refractivity contribution < 1.29 is 4.74 Å². The van der Waals surface area contributed by atoms with Gasteiger partial charge in [0, 0.05) is 37.4 Å². The van der Waals surface area contributed by atoms with Gasteiger partial charge in [-0.1, -0.05) is 11.6 Å².